The van der Waals surface area contributed by atoms with Crippen molar-refractivity contribution in [1.82, 2.24) is 0 Å². The highest BCUT2D eigenvalue weighted by Crippen LogP contribution is 2.12. The number of hydrogen-bond acceptors (Lipinski definition) is 0. The summed E-state index contributed by atoms with van der Waals surface area (Å²) in [5.41, 5.74) is 2.93. The molecule has 0 amide bonds. The lowest BCUT2D eigenvalue weighted by Gasteiger charge is -2.08. The molecule has 0 saturated heterocycles. The summed E-state index contributed by atoms with van der Waals surface area (Å²) in [6, 6.07) is 9.10. The Morgan fingerprint density at radius 2 is 1.00 bits per heavy atom. The van der Waals surface area contributed by atoms with Gasteiger partial charge in [0.1, 0.15) is 0 Å². The molecule has 0 nitrogen and oxygen atoms in total. The van der Waals surface area contributed by atoms with E-state index in [0.717, 1.165) is 11.8 Å². The van der Waals surface area contributed by atoms with Crippen molar-refractivity contribution >= 4 is 8.41 Å². The monoisotopic (exact) mass is 201 g/mol. The highest BCUT2D eigenvalue weighted by atomic mass is 14.1. The summed E-state index contributed by atoms with van der Waals surface area (Å²) in [5, 5.41) is 0. The van der Waals surface area contributed by atoms with Gasteiger partial charge < -0.3 is 0 Å². The van der Waals surface area contributed by atoms with Crippen molar-refractivity contribution in [2.75, 3.05) is 0 Å². The largest absolute Gasteiger partial charge is 0.0625 e. The molecule has 81 valence electrons. The summed E-state index contributed by atoms with van der Waals surface area (Å²) < 4.78 is 0. The summed E-state index contributed by atoms with van der Waals surface area (Å²) in [6.45, 7) is 9.06. The minimum atomic E-state index is 0. The predicted molar refractivity (Wildman–Crippen MR) is 69.3 cm³/mol. The minimum absolute atomic E-state index is 0. The highest BCUT2D eigenvalue weighted by molar-refractivity contribution is 5.75. The zero-order chi connectivity index (χ0) is 10.6. The summed E-state index contributed by atoms with van der Waals surface area (Å²) in [6.07, 6.45) is 2.39. The lowest BCUT2D eigenvalue weighted by Crippen LogP contribution is -1.96. The molecular weight excluding hydrogens is 179 g/mol. The van der Waals surface area contributed by atoms with Gasteiger partial charge in [-0.1, -0.05) is 52.0 Å². The van der Waals surface area contributed by atoms with Crippen molar-refractivity contribution in [3.63, 3.8) is 0 Å². The van der Waals surface area contributed by atoms with Crippen LogP contribution < -0.4 is 0 Å². The van der Waals surface area contributed by atoms with Crippen molar-refractivity contribution in [3.8, 4) is 0 Å². The topological polar surface area (TPSA) is 0 Å². The van der Waals surface area contributed by atoms with E-state index in [-0.39, 0.29) is 8.41 Å². The molecule has 1 rings (SSSR count). The third-order valence-electron chi connectivity index (χ3n) is 2.31. The standard InChI is InChI=1S/C14H22.B/c1-11(2)9-13-5-7-14(8-6-13)10-12(3)4;/h5-8,11-12H,9-10H2,1-4H3;. The summed E-state index contributed by atoms with van der Waals surface area (Å²) in [5.74, 6) is 1.51. The molecule has 1 aromatic rings. The molecule has 0 aliphatic carbocycles. The van der Waals surface area contributed by atoms with E-state index in [2.05, 4.69) is 52.0 Å². The van der Waals surface area contributed by atoms with Crippen LogP contribution in [0.15, 0.2) is 24.3 Å². The van der Waals surface area contributed by atoms with Gasteiger partial charge in [-0.2, -0.15) is 0 Å². The van der Waals surface area contributed by atoms with Crippen LogP contribution in [-0.4, -0.2) is 8.41 Å². The van der Waals surface area contributed by atoms with E-state index in [1.54, 1.807) is 0 Å². The van der Waals surface area contributed by atoms with Crippen LogP contribution in [0.25, 0.3) is 0 Å². The fourth-order valence-corrected chi connectivity index (χ4v) is 1.75. The average Bonchev–Trinajstić information content (AvgIpc) is 2.06. The maximum absolute atomic E-state index is 2.28. The Morgan fingerprint density at radius 3 is 1.20 bits per heavy atom. The van der Waals surface area contributed by atoms with Gasteiger partial charge in [0.05, 0.1) is 0 Å². The number of rotatable bonds is 4. The van der Waals surface area contributed by atoms with Gasteiger partial charge in [-0.15, -0.1) is 0 Å². The molecule has 0 bridgehead atoms. The first-order chi connectivity index (χ1) is 6.58. The normalized spacial score (nSPS) is 10.5. The highest BCUT2D eigenvalue weighted by Gasteiger charge is 1.99. The Balaban J connectivity index is 0.00000196. The fraction of sp³-hybridized carbons (Fsp3) is 0.571. The van der Waals surface area contributed by atoms with Crippen LogP contribution >= 0.6 is 0 Å². The van der Waals surface area contributed by atoms with E-state index in [1.807, 2.05) is 0 Å². The molecule has 0 unspecified atom stereocenters. The molecule has 0 aromatic heterocycles. The summed E-state index contributed by atoms with van der Waals surface area (Å²) in [4.78, 5) is 0. The summed E-state index contributed by atoms with van der Waals surface area (Å²) in [7, 11) is 0. The minimum Gasteiger partial charge on any atom is -0.0625 e. The second-order valence-electron chi connectivity index (χ2n) is 5.01. The molecule has 0 spiro atoms. The molecule has 0 aliphatic rings. The lowest BCUT2D eigenvalue weighted by atomic mass is 9.98. The average molecular weight is 201 g/mol. The van der Waals surface area contributed by atoms with Crippen LogP contribution in [0.2, 0.25) is 0 Å². The van der Waals surface area contributed by atoms with Crippen LogP contribution in [0.3, 0.4) is 0 Å². The van der Waals surface area contributed by atoms with Crippen molar-refractivity contribution < 1.29 is 0 Å². The quantitative estimate of drug-likeness (QED) is 0.651. The van der Waals surface area contributed by atoms with E-state index >= 15 is 0 Å². The number of benzene rings is 1. The third-order valence-corrected chi connectivity index (χ3v) is 2.31. The maximum atomic E-state index is 2.28. The van der Waals surface area contributed by atoms with Gasteiger partial charge in [0.15, 0.2) is 0 Å². The molecule has 0 aliphatic heterocycles. The second-order valence-corrected chi connectivity index (χ2v) is 5.01. The Hall–Kier alpha value is -0.715. The smallest absolute Gasteiger partial charge is 0 e. The van der Waals surface area contributed by atoms with E-state index < -0.39 is 0 Å². The van der Waals surface area contributed by atoms with Crippen LogP contribution in [0.1, 0.15) is 38.8 Å². The molecule has 1 heteroatoms. The van der Waals surface area contributed by atoms with E-state index in [4.69, 9.17) is 0 Å². The maximum Gasteiger partial charge on any atom is 0 e. The molecule has 0 fully saturated rings. The zero-order valence-corrected chi connectivity index (χ0v) is 10.5. The van der Waals surface area contributed by atoms with Crippen LogP contribution in [0.4, 0.5) is 0 Å². The lowest BCUT2D eigenvalue weighted by molar-refractivity contribution is 0.640. The Kier molecular flexibility index (Phi) is 6.39. The van der Waals surface area contributed by atoms with Gasteiger partial charge in [0, 0.05) is 8.41 Å². The molecular formula is C14H22B. The van der Waals surface area contributed by atoms with Crippen molar-refractivity contribution in [2.24, 2.45) is 11.8 Å². The predicted octanol–water partition coefficient (Wildman–Crippen LogP) is 3.70. The van der Waals surface area contributed by atoms with E-state index in [9.17, 15) is 0 Å². The van der Waals surface area contributed by atoms with Crippen molar-refractivity contribution in [2.45, 2.75) is 40.5 Å². The van der Waals surface area contributed by atoms with Crippen molar-refractivity contribution in [3.05, 3.63) is 35.4 Å². The second kappa shape index (κ2) is 6.71. The third kappa shape index (κ3) is 5.66. The Morgan fingerprint density at radius 1 is 0.733 bits per heavy atom. The molecule has 1 aromatic carbocycles. The molecule has 3 radical (unpaired) electrons. The molecule has 0 heterocycles. The fourth-order valence-electron chi connectivity index (χ4n) is 1.75. The first-order valence-corrected chi connectivity index (χ1v) is 5.65. The summed E-state index contributed by atoms with van der Waals surface area (Å²) >= 11 is 0. The first kappa shape index (κ1) is 14.3. The van der Waals surface area contributed by atoms with Gasteiger partial charge in [0.25, 0.3) is 0 Å². The van der Waals surface area contributed by atoms with Crippen molar-refractivity contribution in [1.29, 1.82) is 0 Å². The van der Waals surface area contributed by atoms with Crippen LogP contribution in [0, 0.1) is 11.8 Å². The molecule has 0 N–H and O–H groups in total. The van der Waals surface area contributed by atoms with Gasteiger partial charge in [0.2, 0.25) is 0 Å². The van der Waals surface area contributed by atoms with Gasteiger partial charge in [-0.05, 0) is 35.8 Å². The molecule has 0 atom stereocenters. The molecule has 15 heavy (non-hydrogen) atoms. The van der Waals surface area contributed by atoms with Crippen LogP contribution in [0.5, 0.6) is 0 Å². The Bertz CT molecular complexity index is 230. The van der Waals surface area contributed by atoms with E-state index in [1.165, 1.54) is 24.0 Å². The van der Waals surface area contributed by atoms with E-state index in [0.29, 0.717) is 0 Å². The SMILES string of the molecule is CC(C)Cc1ccc(CC(C)C)cc1.[B]. The number of hydrogen-bond donors (Lipinski definition) is 0. The van der Waals surface area contributed by atoms with Crippen LogP contribution in [-0.2, 0) is 12.8 Å². The first-order valence-electron chi connectivity index (χ1n) is 5.65. The molecule has 0 saturated carbocycles. The van der Waals surface area contributed by atoms with Gasteiger partial charge >= 0.3 is 0 Å². The van der Waals surface area contributed by atoms with Gasteiger partial charge in [-0.3, -0.25) is 0 Å². The Labute approximate surface area is 96.7 Å². The zero-order valence-electron chi connectivity index (χ0n) is 10.5. The van der Waals surface area contributed by atoms with Gasteiger partial charge in [-0.25, -0.2) is 0 Å².